The summed E-state index contributed by atoms with van der Waals surface area (Å²) in [5.74, 6) is -0.0921. The molecule has 0 saturated carbocycles. The van der Waals surface area contributed by atoms with Crippen molar-refractivity contribution in [1.29, 1.82) is 0 Å². The van der Waals surface area contributed by atoms with Crippen LogP contribution in [0.25, 0.3) is 22.5 Å². The number of aromatic nitrogens is 2. The summed E-state index contributed by atoms with van der Waals surface area (Å²) >= 11 is 0. The molecule has 2 aromatic heterocycles. The lowest BCUT2D eigenvalue weighted by molar-refractivity contribution is -0.384. The van der Waals surface area contributed by atoms with E-state index in [2.05, 4.69) is 9.97 Å². The van der Waals surface area contributed by atoms with Gasteiger partial charge in [-0.25, -0.2) is 0 Å². The van der Waals surface area contributed by atoms with E-state index in [0.29, 0.717) is 16.8 Å². The van der Waals surface area contributed by atoms with Crippen molar-refractivity contribution in [3.8, 4) is 22.5 Å². The predicted molar refractivity (Wildman–Crippen MR) is 90.9 cm³/mol. The van der Waals surface area contributed by atoms with Gasteiger partial charge < -0.3 is 4.98 Å². The summed E-state index contributed by atoms with van der Waals surface area (Å²) < 4.78 is 0. The van der Waals surface area contributed by atoms with Gasteiger partial charge >= 0.3 is 0 Å². The van der Waals surface area contributed by atoms with Crippen LogP contribution in [0.1, 0.15) is 22.8 Å². The van der Waals surface area contributed by atoms with Crippen LogP contribution in [0, 0.1) is 17.0 Å². The number of ketones is 1. The molecule has 0 unspecified atom stereocenters. The van der Waals surface area contributed by atoms with Gasteiger partial charge in [-0.3, -0.25) is 19.9 Å². The van der Waals surface area contributed by atoms with E-state index in [1.807, 2.05) is 19.1 Å². The maximum absolute atomic E-state index is 12.2. The summed E-state index contributed by atoms with van der Waals surface area (Å²) in [6, 6.07) is 9.95. The number of pyridine rings is 1. The Labute approximate surface area is 138 Å². The highest BCUT2D eigenvalue weighted by atomic mass is 16.6. The predicted octanol–water partition coefficient (Wildman–Crippen LogP) is 4.16. The minimum atomic E-state index is -0.448. The third-order valence-electron chi connectivity index (χ3n) is 3.92. The fraction of sp³-hybridized carbons (Fsp3) is 0.111. The van der Waals surface area contributed by atoms with Crippen molar-refractivity contribution < 1.29 is 9.72 Å². The molecular weight excluding hydrogens is 306 g/mol. The topological polar surface area (TPSA) is 88.9 Å². The molecule has 0 spiro atoms. The minimum absolute atomic E-state index is 0.0142. The summed E-state index contributed by atoms with van der Waals surface area (Å²) in [7, 11) is 0. The van der Waals surface area contributed by atoms with Crippen molar-refractivity contribution in [3.05, 3.63) is 70.0 Å². The maximum atomic E-state index is 12.2. The molecule has 6 nitrogen and oxygen atoms in total. The van der Waals surface area contributed by atoms with E-state index < -0.39 is 4.92 Å². The van der Waals surface area contributed by atoms with Gasteiger partial charge in [0.05, 0.1) is 10.6 Å². The van der Waals surface area contributed by atoms with Gasteiger partial charge in [0.15, 0.2) is 5.78 Å². The third kappa shape index (κ3) is 2.69. The molecule has 0 aliphatic heterocycles. The molecule has 0 bridgehead atoms. The number of Topliss-reactive ketones (excluding diaryl/α,β-unsaturated/α-hetero) is 1. The zero-order chi connectivity index (χ0) is 17.3. The molecule has 0 radical (unpaired) electrons. The molecule has 0 aliphatic carbocycles. The van der Waals surface area contributed by atoms with E-state index >= 15 is 0 Å². The smallest absolute Gasteiger partial charge is 0.270 e. The van der Waals surface area contributed by atoms with Crippen LogP contribution in [-0.2, 0) is 0 Å². The summed E-state index contributed by atoms with van der Waals surface area (Å²) in [6.45, 7) is 3.36. The zero-order valence-electron chi connectivity index (χ0n) is 13.2. The van der Waals surface area contributed by atoms with Gasteiger partial charge in [-0.2, -0.15) is 0 Å². The first-order chi connectivity index (χ1) is 11.5. The Morgan fingerprint density at radius 1 is 1.12 bits per heavy atom. The second-order valence-electron chi connectivity index (χ2n) is 5.47. The van der Waals surface area contributed by atoms with Crippen molar-refractivity contribution in [2.24, 2.45) is 0 Å². The van der Waals surface area contributed by atoms with Crippen LogP contribution in [0.2, 0.25) is 0 Å². The number of nitro benzene ring substituents is 1. The first-order valence-electron chi connectivity index (χ1n) is 7.37. The lowest BCUT2D eigenvalue weighted by atomic mass is 10.00. The van der Waals surface area contributed by atoms with Crippen molar-refractivity contribution in [2.75, 3.05) is 0 Å². The summed E-state index contributed by atoms with van der Waals surface area (Å²) in [6.07, 6.45) is 3.35. The highest BCUT2D eigenvalue weighted by Crippen LogP contribution is 2.34. The number of carbonyl (C=O) groups is 1. The molecule has 0 fully saturated rings. The highest BCUT2D eigenvalue weighted by molar-refractivity contribution is 6.03. The molecule has 6 heteroatoms. The van der Waals surface area contributed by atoms with Crippen LogP contribution in [0.3, 0.4) is 0 Å². The van der Waals surface area contributed by atoms with E-state index in [4.69, 9.17) is 0 Å². The van der Waals surface area contributed by atoms with E-state index in [1.54, 1.807) is 24.5 Å². The molecular formula is C18H15N3O3. The number of rotatable bonds is 4. The molecule has 0 atom stereocenters. The molecule has 0 amide bonds. The number of nitrogens with zero attached hydrogens (tertiary/aromatic N) is 2. The molecule has 0 aliphatic rings. The summed E-state index contributed by atoms with van der Waals surface area (Å²) in [4.78, 5) is 30.0. The Hall–Kier alpha value is -3.28. The second kappa shape index (κ2) is 6.08. The van der Waals surface area contributed by atoms with Gasteiger partial charge in [-0.1, -0.05) is 12.1 Å². The molecule has 120 valence electrons. The number of carbonyl (C=O) groups excluding carboxylic acids is 1. The van der Waals surface area contributed by atoms with Crippen molar-refractivity contribution in [3.63, 3.8) is 0 Å². The standard InChI is InChI=1S/C18H15N3O3/c1-11-16(12(2)22)18(14-4-3-5-15(10-14)21(23)24)20-17(11)13-6-8-19-9-7-13/h3-10,20H,1-2H3. The van der Waals surface area contributed by atoms with Gasteiger partial charge in [-0.05, 0) is 31.5 Å². The van der Waals surface area contributed by atoms with E-state index in [0.717, 1.165) is 16.8 Å². The summed E-state index contributed by atoms with van der Waals surface area (Å²) in [5.41, 5.74) is 4.26. The number of hydrogen-bond donors (Lipinski definition) is 1. The van der Waals surface area contributed by atoms with E-state index in [9.17, 15) is 14.9 Å². The number of non-ortho nitro benzene ring substituents is 1. The van der Waals surface area contributed by atoms with Gasteiger partial charge in [0.2, 0.25) is 0 Å². The van der Waals surface area contributed by atoms with E-state index in [-0.39, 0.29) is 11.5 Å². The Morgan fingerprint density at radius 2 is 1.83 bits per heavy atom. The number of H-pyrrole nitrogens is 1. The van der Waals surface area contributed by atoms with Crippen molar-refractivity contribution in [1.82, 2.24) is 9.97 Å². The Morgan fingerprint density at radius 3 is 2.46 bits per heavy atom. The largest absolute Gasteiger partial charge is 0.354 e. The normalized spacial score (nSPS) is 10.6. The quantitative estimate of drug-likeness (QED) is 0.444. The first-order valence-corrected chi connectivity index (χ1v) is 7.37. The van der Waals surface area contributed by atoms with Gasteiger partial charge in [-0.15, -0.1) is 0 Å². The Balaban J connectivity index is 2.23. The van der Waals surface area contributed by atoms with Gasteiger partial charge in [0.25, 0.3) is 5.69 Å². The Bertz CT molecular complexity index is 930. The average molecular weight is 321 g/mol. The van der Waals surface area contributed by atoms with Crippen LogP contribution < -0.4 is 0 Å². The zero-order valence-corrected chi connectivity index (χ0v) is 13.2. The number of nitrogens with one attached hydrogen (secondary N) is 1. The van der Waals surface area contributed by atoms with Gasteiger partial charge in [0, 0.05) is 46.9 Å². The average Bonchev–Trinajstić information content (AvgIpc) is 2.93. The third-order valence-corrected chi connectivity index (χ3v) is 3.92. The molecule has 3 rings (SSSR count). The minimum Gasteiger partial charge on any atom is -0.354 e. The van der Waals surface area contributed by atoms with Crippen LogP contribution in [0.15, 0.2) is 48.8 Å². The lowest BCUT2D eigenvalue weighted by Gasteiger charge is -2.02. The second-order valence-corrected chi connectivity index (χ2v) is 5.47. The molecule has 2 heterocycles. The molecule has 0 saturated heterocycles. The van der Waals surface area contributed by atoms with Crippen molar-refractivity contribution >= 4 is 11.5 Å². The molecule has 1 N–H and O–H groups in total. The van der Waals surface area contributed by atoms with Crippen molar-refractivity contribution in [2.45, 2.75) is 13.8 Å². The maximum Gasteiger partial charge on any atom is 0.270 e. The highest BCUT2D eigenvalue weighted by Gasteiger charge is 2.21. The first kappa shape index (κ1) is 15.6. The number of hydrogen-bond acceptors (Lipinski definition) is 4. The lowest BCUT2D eigenvalue weighted by Crippen LogP contribution is -1.96. The fourth-order valence-corrected chi connectivity index (χ4v) is 2.83. The van der Waals surface area contributed by atoms with Crippen LogP contribution >= 0.6 is 0 Å². The Kier molecular flexibility index (Phi) is 3.95. The summed E-state index contributed by atoms with van der Waals surface area (Å²) in [5, 5.41) is 11.0. The molecule has 24 heavy (non-hydrogen) atoms. The van der Waals surface area contributed by atoms with Crippen LogP contribution in [0.4, 0.5) is 5.69 Å². The number of nitro groups is 1. The van der Waals surface area contributed by atoms with Crippen LogP contribution in [0.5, 0.6) is 0 Å². The monoisotopic (exact) mass is 321 g/mol. The van der Waals surface area contributed by atoms with Gasteiger partial charge in [0.1, 0.15) is 0 Å². The molecule has 1 aromatic carbocycles. The number of benzene rings is 1. The van der Waals surface area contributed by atoms with Crippen LogP contribution in [-0.4, -0.2) is 20.7 Å². The SMILES string of the molecule is CC(=O)c1c(-c2cccc([N+](=O)[O-])c2)[nH]c(-c2ccncc2)c1C. The molecule has 3 aromatic rings. The number of aromatic amines is 1. The van der Waals surface area contributed by atoms with E-state index in [1.165, 1.54) is 19.1 Å². The fourth-order valence-electron chi connectivity index (χ4n) is 2.83.